The first-order valence-electron chi connectivity index (χ1n) is 15.8. The van der Waals surface area contributed by atoms with Crippen LogP contribution in [0.2, 0.25) is 0 Å². The fraction of sp³-hybridized carbons (Fsp3) is 0.0233. The van der Waals surface area contributed by atoms with Crippen LogP contribution >= 0.6 is 0 Å². The lowest BCUT2D eigenvalue weighted by Crippen LogP contribution is -2.11. The standard InChI is InChI=1S/C43H28N2O/c1-2-14-31-27(10-1)21-22-38-41(31)35-17-5-6-19-37(35)45(38)30-13-7-11-28(24-30)36-25-40-43(34-16-4-3-15-33(34)36)42-32(18-8-20-39(42)46-40)29-12-9-23-44-26-29/h1-25,44H,26H2. The van der Waals surface area contributed by atoms with Crippen LogP contribution in [0, 0.1) is 0 Å². The zero-order valence-corrected chi connectivity index (χ0v) is 25.0. The Balaban J connectivity index is 1.23. The molecule has 1 aliphatic heterocycles. The molecule has 3 heteroatoms. The second-order valence-corrected chi connectivity index (χ2v) is 12.1. The van der Waals surface area contributed by atoms with Crippen molar-refractivity contribution in [2.45, 2.75) is 0 Å². The van der Waals surface area contributed by atoms with Gasteiger partial charge in [-0.05, 0) is 92.5 Å². The summed E-state index contributed by atoms with van der Waals surface area (Å²) in [5.41, 5.74) is 10.2. The van der Waals surface area contributed by atoms with E-state index in [2.05, 4.69) is 155 Å². The molecule has 0 spiro atoms. The van der Waals surface area contributed by atoms with Gasteiger partial charge in [0.1, 0.15) is 11.2 Å². The number of para-hydroxylation sites is 1. The summed E-state index contributed by atoms with van der Waals surface area (Å²) in [5.74, 6) is 0. The molecule has 216 valence electrons. The van der Waals surface area contributed by atoms with Crippen molar-refractivity contribution >= 4 is 70.9 Å². The molecule has 0 saturated carbocycles. The van der Waals surface area contributed by atoms with Crippen molar-refractivity contribution in [1.29, 1.82) is 0 Å². The van der Waals surface area contributed by atoms with Crippen molar-refractivity contribution in [3.63, 3.8) is 0 Å². The number of dihydropyridines is 1. The summed E-state index contributed by atoms with van der Waals surface area (Å²) >= 11 is 0. The van der Waals surface area contributed by atoms with Crippen LogP contribution in [0.3, 0.4) is 0 Å². The van der Waals surface area contributed by atoms with Crippen LogP contribution in [0.15, 0.2) is 156 Å². The normalized spacial score (nSPS) is 13.3. The van der Waals surface area contributed by atoms with E-state index in [1.165, 1.54) is 70.8 Å². The molecule has 3 heterocycles. The van der Waals surface area contributed by atoms with Crippen LogP contribution in [0.4, 0.5) is 0 Å². The quantitative estimate of drug-likeness (QED) is 0.222. The number of benzene rings is 7. The lowest BCUT2D eigenvalue weighted by Gasteiger charge is -2.14. The fourth-order valence-corrected chi connectivity index (χ4v) is 7.66. The minimum absolute atomic E-state index is 0.795. The van der Waals surface area contributed by atoms with E-state index < -0.39 is 0 Å². The first kappa shape index (κ1) is 25.3. The molecule has 0 amide bonds. The van der Waals surface area contributed by atoms with E-state index in [4.69, 9.17) is 4.42 Å². The molecular weight excluding hydrogens is 560 g/mol. The molecule has 0 fully saturated rings. The van der Waals surface area contributed by atoms with E-state index in [-0.39, 0.29) is 0 Å². The van der Waals surface area contributed by atoms with Gasteiger partial charge in [0.05, 0.1) is 11.0 Å². The van der Waals surface area contributed by atoms with Crippen LogP contribution in [0.5, 0.6) is 0 Å². The molecule has 0 saturated heterocycles. The lowest BCUT2D eigenvalue weighted by molar-refractivity contribution is 0.669. The molecule has 0 radical (unpaired) electrons. The van der Waals surface area contributed by atoms with Gasteiger partial charge in [-0.1, -0.05) is 103 Å². The number of nitrogens with one attached hydrogen (secondary N) is 1. The third kappa shape index (κ3) is 3.60. The van der Waals surface area contributed by atoms with Crippen molar-refractivity contribution < 1.29 is 4.42 Å². The second-order valence-electron chi connectivity index (χ2n) is 12.1. The number of nitrogens with zero attached hydrogens (tertiary/aromatic N) is 1. The van der Waals surface area contributed by atoms with Crippen molar-refractivity contribution in [2.24, 2.45) is 0 Å². The molecule has 2 aromatic heterocycles. The Hall–Kier alpha value is -6.06. The van der Waals surface area contributed by atoms with Gasteiger partial charge in [-0.3, -0.25) is 0 Å². The highest BCUT2D eigenvalue weighted by atomic mass is 16.3. The SMILES string of the molecule is C1=CNCC(c2cccc3oc4cc(-c5cccc(-n6c7ccccc7c7c8ccccc8ccc76)c5)c5ccccc5c4c23)=C1. The van der Waals surface area contributed by atoms with E-state index in [1.807, 2.05) is 6.20 Å². The minimum Gasteiger partial charge on any atom is -0.456 e. The van der Waals surface area contributed by atoms with Crippen LogP contribution < -0.4 is 5.32 Å². The summed E-state index contributed by atoms with van der Waals surface area (Å²) in [5, 5.41) is 13.2. The summed E-state index contributed by atoms with van der Waals surface area (Å²) < 4.78 is 9.05. The van der Waals surface area contributed by atoms with Crippen LogP contribution in [0.1, 0.15) is 5.56 Å². The summed E-state index contributed by atoms with van der Waals surface area (Å²) in [7, 11) is 0. The average Bonchev–Trinajstić information content (AvgIpc) is 3.68. The molecule has 0 aliphatic carbocycles. The number of allylic oxidation sites excluding steroid dienone is 2. The predicted molar refractivity (Wildman–Crippen MR) is 194 cm³/mol. The number of hydrogen-bond donors (Lipinski definition) is 1. The topological polar surface area (TPSA) is 30.1 Å². The molecular formula is C43H28N2O. The van der Waals surface area contributed by atoms with E-state index in [0.29, 0.717) is 0 Å². The Labute approximate surface area is 265 Å². The van der Waals surface area contributed by atoms with Gasteiger partial charge in [0.25, 0.3) is 0 Å². The molecule has 0 unspecified atom stereocenters. The fourth-order valence-electron chi connectivity index (χ4n) is 7.66. The Bertz CT molecular complexity index is 2760. The molecule has 10 rings (SSSR count). The monoisotopic (exact) mass is 588 g/mol. The number of fused-ring (bicyclic) bond motifs is 10. The Morgan fingerprint density at radius 2 is 1.35 bits per heavy atom. The van der Waals surface area contributed by atoms with Crippen LogP contribution in [0.25, 0.3) is 87.7 Å². The van der Waals surface area contributed by atoms with Gasteiger partial charge in [-0.25, -0.2) is 0 Å². The van der Waals surface area contributed by atoms with Crippen LogP contribution in [-0.2, 0) is 0 Å². The average molecular weight is 589 g/mol. The molecule has 0 bridgehead atoms. The molecule has 46 heavy (non-hydrogen) atoms. The van der Waals surface area contributed by atoms with Gasteiger partial charge < -0.3 is 14.3 Å². The second kappa shape index (κ2) is 9.72. The van der Waals surface area contributed by atoms with E-state index in [0.717, 1.165) is 29.0 Å². The first-order chi connectivity index (χ1) is 22.8. The maximum Gasteiger partial charge on any atom is 0.136 e. The molecule has 1 N–H and O–H groups in total. The largest absolute Gasteiger partial charge is 0.456 e. The van der Waals surface area contributed by atoms with Gasteiger partial charge in [0.2, 0.25) is 0 Å². The van der Waals surface area contributed by atoms with E-state index in [1.54, 1.807) is 0 Å². The Morgan fingerprint density at radius 3 is 2.24 bits per heavy atom. The third-order valence-corrected chi connectivity index (χ3v) is 9.63. The van der Waals surface area contributed by atoms with Gasteiger partial charge in [0.15, 0.2) is 0 Å². The third-order valence-electron chi connectivity index (χ3n) is 9.63. The highest BCUT2D eigenvalue weighted by molar-refractivity contribution is 6.24. The highest BCUT2D eigenvalue weighted by Gasteiger charge is 2.20. The minimum atomic E-state index is 0.795. The lowest BCUT2D eigenvalue weighted by atomic mass is 9.92. The number of aromatic nitrogens is 1. The maximum absolute atomic E-state index is 6.64. The number of rotatable bonds is 3. The van der Waals surface area contributed by atoms with E-state index >= 15 is 0 Å². The van der Waals surface area contributed by atoms with Crippen molar-refractivity contribution in [1.82, 2.24) is 9.88 Å². The van der Waals surface area contributed by atoms with Crippen molar-refractivity contribution in [2.75, 3.05) is 6.54 Å². The zero-order valence-electron chi connectivity index (χ0n) is 25.0. The smallest absolute Gasteiger partial charge is 0.136 e. The summed E-state index contributed by atoms with van der Waals surface area (Å²) in [6.45, 7) is 0.795. The first-order valence-corrected chi connectivity index (χ1v) is 15.8. The Kier molecular flexibility index (Phi) is 5.34. The van der Waals surface area contributed by atoms with Crippen molar-refractivity contribution in [3.05, 3.63) is 157 Å². The zero-order chi connectivity index (χ0) is 30.2. The summed E-state index contributed by atoms with van der Waals surface area (Å²) in [6.07, 6.45) is 6.26. The number of hydrogen-bond acceptors (Lipinski definition) is 2. The summed E-state index contributed by atoms with van der Waals surface area (Å²) in [4.78, 5) is 0. The molecule has 1 aliphatic rings. The van der Waals surface area contributed by atoms with Gasteiger partial charge in [0, 0.05) is 33.8 Å². The molecule has 3 nitrogen and oxygen atoms in total. The summed E-state index contributed by atoms with van der Waals surface area (Å²) in [6, 6.07) is 48.3. The highest BCUT2D eigenvalue weighted by Crippen LogP contribution is 2.43. The molecule has 9 aromatic rings. The maximum atomic E-state index is 6.64. The number of furan rings is 1. The van der Waals surface area contributed by atoms with Gasteiger partial charge in [-0.2, -0.15) is 0 Å². The van der Waals surface area contributed by atoms with Crippen LogP contribution in [-0.4, -0.2) is 11.1 Å². The van der Waals surface area contributed by atoms with E-state index in [9.17, 15) is 0 Å². The van der Waals surface area contributed by atoms with Gasteiger partial charge >= 0.3 is 0 Å². The van der Waals surface area contributed by atoms with Gasteiger partial charge in [-0.15, -0.1) is 0 Å². The molecule has 0 atom stereocenters. The van der Waals surface area contributed by atoms with Crippen molar-refractivity contribution in [3.8, 4) is 16.8 Å². The Morgan fingerprint density at radius 1 is 0.543 bits per heavy atom. The molecule has 7 aromatic carbocycles. The predicted octanol–water partition coefficient (Wildman–Crippen LogP) is 11.2.